The number of carbonyl (C=O) groups excluding carboxylic acids is 2. The number of alkyl halides is 3. The molecule has 1 fully saturated rings. The molecule has 0 aliphatic carbocycles. The Morgan fingerprint density at radius 1 is 1.14 bits per heavy atom. The van der Waals surface area contributed by atoms with Gasteiger partial charge in [0.1, 0.15) is 5.69 Å². The molecule has 7 nitrogen and oxygen atoms in total. The van der Waals surface area contributed by atoms with Crippen LogP contribution in [0.1, 0.15) is 16.1 Å². The standard InChI is InChI=1S/C18H17ClF3N5O2/c19-14-2-1-12(9-13(14)18(20,21)22)25-16(28)11-26-5-7-27(8-6-26)17(29)15-10-23-3-4-24-15/h1-4,9-10H,5-8,11H2,(H,25,28). The van der Waals surface area contributed by atoms with Gasteiger partial charge in [0.15, 0.2) is 0 Å². The molecule has 154 valence electrons. The fourth-order valence-electron chi connectivity index (χ4n) is 2.90. The highest BCUT2D eigenvalue weighted by Gasteiger charge is 2.33. The number of hydrogen-bond donors (Lipinski definition) is 1. The molecular weight excluding hydrogens is 411 g/mol. The smallest absolute Gasteiger partial charge is 0.335 e. The summed E-state index contributed by atoms with van der Waals surface area (Å²) in [6.07, 6.45) is -0.298. The number of nitrogens with zero attached hydrogens (tertiary/aromatic N) is 4. The van der Waals surface area contributed by atoms with Gasteiger partial charge in [-0.15, -0.1) is 0 Å². The normalized spacial score (nSPS) is 15.2. The summed E-state index contributed by atoms with van der Waals surface area (Å²) in [5, 5.41) is 2.02. The van der Waals surface area contributed by atoms with Crippen molar-refractivity contribution in [2.24, 2.45) is 0 Å². The summed E-state index contributed by atoms with van der Waals surface area (Å²) in [6, 6.07) is 3.21. The highest BCUT2D eigenvalue weighted by Crippen LogP contribution is 2.36. The lowest BCUT2D eigenvalue weighted by Gasteiger charge is -2.34. The molecule has 1 aromatic heterocycles. The maximum Gasteiger partial charge on any atom is 0.417 e. The van der Waals surface area contributed by atoms with Crippen LogP contribution in [0.2, 0.25) is 5.02 Å². The first-order chi connectivity index (χ1) is 13.7. The van der Waals surface area contributed by atoms with Crippen molar-refractivity contribution in [1.82, 2.24) is 19.8 Å². The quantitative estimate of drug-likeness (QED) is 0.811. The van der Waals surface area contributed by atoms with E-state index in [1.807, 2.05) is 4.90 Å². The number of nitrogens with one attached hydrogen (secondary N) is 1. The van der Waals surface area contributed by atoms with Gasteiger partial charge in [0, 0.05) is 44.3 Å². The first-order valence-corrected chi connectivity index (χ1v) is 9.06. The molecule has 0 unspecified atom stereocenters. The van der Waals surface area contributed by atoms with Crippen LogP contribution in [0.25, 0.3) is 0 Å². The Balaban J connectivity index is 1.52. The highest BCUT2D eigenvalue weighted by molar-refractivity contribution is 6.31. The number of hydrogen-bond acceptors (Lipinski definition) is 5. The number of carbonyl (C=O) groups is 2. The number of piperazine rings is 1. The van der Waals surface area contributed by atoms with E-state index in [9.17, 15) is 22.8 Å². The van der Waals surface area contributed by atoms with E-state index in [0.717, 1.165) is 12.1 Å². The van der Waals surface area contributed by atoms with Gasteiger partial charge in [0.2, 0.25) is 5.91 Å². The maximum atomic E-state index is 12.9. The van der Waals surface area contributed by atoms with Gasteiger partial charge in [0.05, 0.1) is 23.3 Å². The zero-order valence-electron chi connectivity index (χ0n) is 15.1. The van der Waals surface area contributed by atoms with E-state index in [1.165, 1.54) is 24.7 Å². The van der Waals surface area contributed by atoms with Crippen molar-refractivity contribution in [2.75, 3.05) is 38.0 Å². The summed E-state index contributed by atoms with van der Waals surface area (Å²) in [7, 11) is 0. The third-order valence-electron chi connectivity index (χ3n) is 4.36. The van der Waals surface area contributed by atoms with Gasteiger partial charge in [-0.3, -0.25) is 19.5 Å². The Morgan fingerprint density at radius 2 is 1.86 bits per heavy atom. The number of benzene rings is 1. The topological polar surface area (TPSA) is 78.4 Å². The molecule has 1 aliphatic heterocycles. The molecule has 1 aromatic carbocycles. The Hall–Kier alpha value is -2.72. The van der Waals surface area contributed by atoms with E-state index in [2.05, 4.69) is 15.3 Å². The average molecular weight is 428 g/mol. The molecule has 0 bridgehead atoms. The zero-order valence-corrected chi connectivity index (χ0v) is 15.9. The molecular formula is C18H17ClF3N5O2. The van der Waals surface area contributed by atoms with Crippen LogP contribution in [0.3, 0.4) is 0 Å². The minimum atomic E-state index is -4.61. The molecule has 1 N–H and O–H groups in total. The van der Waals surface area contributed by atoms with E-state index in [1.54, 1.807) is 4.90 Å². The minimum absolute atomic E-state index is 0.00283. The highest BCUT2D eigenvalue weighted by atomic mass is 35.5. The molecule has 3 rings (SSSR count). The summed E-state index contributed by atoms with van der Waals surface area (Å²) in [5.74, 6) is -0.683. The molecule has 29 heavy (non-hydrogen) atoms. The monoisotopic (exact) mass is 427 g/mol. The second-order valence-corrected chi connectivity index (χ2v) is 6.81. The van der Waals surface area contributed by atoms with Gasteiger partial charge in [-0.1, -0.05) is 11.6 Å². The van der Waals surface area contributed by atoms with Crippen molar-refractivity contribution in [3.63, 3.8) is 0 Å². The molecule has 2 aromatic rings. The molecule has 11 heteroatoms. The first-order valence-electron chi connectivity index (χ1n) is 8.68. The first kappa shape index (κ1) is 21.0. The lowest BCUT2D eigenvalue weighted by Crippen LogP contribution is -2.50. The second kappa shape index (κ2) is 8.75. The number of amides is 2. The summed E-state index contributed by atoms with van der Waals surface area (Å²) in [5.41, 5.74) is -0.738. The van der Waals surface area contributed by atoms with Crippen LogP contribution in [-0.2, 0) is 11.0 Å². The molecule has 1 saturated heterocycles. The maximum absolute atomic E-state index is 12.9. The molecule has 1 aliphatic rings. The third-order valence-corrected chi connectivity index (χ3v) is 4.69. The van der Waals surface area contributed by atoms with E-state index >= 15 is 0 Å². The van der Waals surface area contributed by atoms with Crippen molar-refractivity contribution in [3.05, 3.63) is 53.1 Å². The predicted octanol–water partition coefficient (Wildman–Crippen LogP) is 2.55. The van der Waals surface area contributed by atoms with Crippen molar-refractivity contribution in [1.29, 1.82) is 0 Å². The van der Waals surface area contributed by atoms with Crippen LogP contribution >= 0.6 is 11.6 Å². The number of rotatable bonds is 4. The Labute approximate surface area is 169 Å². The predicted molar refractivity (Wildman–Crippen MR) is 99.5 cm³/mol. The van der Waals surface area contributed by atoms with Gasteiger partial charge >= 0.3 is 6.18 Å². The van der Waals surface area contributed by atoms with Crippen LogP contribution in [0.4, 0.5) is 18.9 Å². The van der Waals surface area contributed by atoms with Crippen LogP contribution in [0.15, 0.2) is 36.8 Å². The fourth-order valence-corrected chi connectivity index (χ4v) is 3.13. The van der Waals surface area contributed by atoms with Crippen molar-refractivity contribution in [3.8, 4) is 0 Å². The third kappa shape index (κ3) is 5.42. The Bertz CT molecular complexity index is 887. The van der Waals surface area contributed by atoms with Crippen molar-refractivity contribution in [2.45, 2.75) is 6.18 Å². The van der Waals surface area contributed by atoms with Crippen molar-refractivity contribution >= 4 is 29.1 Å². The van der Waals surface area contributed by atoms with Gasteiger partial charge in [-0.25, -0.2) is 4.98 Å². The summed E-state index contributed by atoms with van der Waals surface area (Å²) >= 11 is 5.58. The van der Waals surface area contributed by atoms with Crippen LogP contribution in [-0.4, -0.2) is 64.3 Å². The van der Waals surface area contributed by atoms with Gasteiger partial charge in [-0.2, -0.15) is 13.2 Å². The Kier molecular flexibility index (Phi) is 6.33. The number of aromatic nitrogens is 2. The van der Waals surface area contributed by atoms with Crippen LogP contribution < -0.4 is 5.32 Å². The van der Waals surface area contributed by atoms with Gasteiger partial charge in [-0.05, 0) is 18.2 Å². The number of anilines is 1. The van der Waals surface area contributed by atoms with Crippen molar-refractivity contribution < 1.29 is 22.8 Å². The molecule has 2 heterocycles. The van der Waals surface area contributed by atoms with E-state index in [-0.39, 0.29) is 23.8 Å². The van der Waals surface area contributed by atoms with Gasteiger partial charge in [0.25, 0.3) is 5.91 Å². The lowest BCUT2D eigenvalue weighted by molar-refractivity contribution is -0.137. The van der Waals surface area contributed by atoms with E-state index in [0.29, 0.717) is 26.2 Å². The minimum Gasteiger partial charge on any atom is -0.335 e. The summed E-state index contributed by atoms with van der Waals surface area (Å²) < 4.78 is 38.8. The Morgan fingerprint density at radius 3 is 2.48 bits per heavy atom. The molecule has 0 spiro atoms. The molecule has 2 amide bonds. The van der Waals surface area contributed by atoms with Crippen LogP contribution in [0.5, 0.6) is 0 Å². The SMILES string of the molecule is O=C(CN1CCN(C(=O)c2cnccn2)CC1)Nc1ccc(Cl)c(C(F)(F)F)c1. The lowest BCUT2D eigenvalue weighted by atomic mass is 10.2. The number of halogens is 4. The summed E-state index contributed by atoms with van der Waals surface area (Å²) in [6.45, 7) is 1.71. The molecule has 0 saturated carbocycles. The molecule has 0 atom stereocenters. The molecule has 0 radical (unpaired) electrons. The average Bonchev–Trinajstić information content (AvgIpc) is 2.69. The fraction of sp³-hybridized carbons (Fsp3) is 0.333. The van der Waals surface area contributed by atoms with E-state index < -0.39 is 22.7 Å². The largest absolute Gasteiger partial charge is 0.417 e. The van der Waals surface area contributed by atoms with Crippen LogP contribution in [0, 0.1) is 0 Å². The van der Waals surface area contributed by atoms with Gasteiger partial charge < -0.3 is 10.2 Å². The zero-order chi connectivity index (χ0) is 21.0. The van der Waals surface area contributed by atoms with E-state index in [4.69, 9.17) is 11.6 Å². The summed E-state index contributed by atoms with van der Waals surface area (Å²) in [4.78, 5) is 35.8. The second-order valence-electron chi connectivity index (χ2n) is 6.40.